The third-order valence-corrected chi connectivity index (χ3v) is 3.11. The van der Waals surface area contributed by atoms with Crippen LogP contribution in [0, 0.1) is 6.92 Å². The third kappa shape index (κ3) is 2.77. The molecule has 0 saturated heterocycles. The van der Waals surface area contributed by atoms with Gasteiger partial charge in [0, 0.05) is 5.56 Å². The summed E-state index contributed by atoms with van der Waals surface area (Å²) in [4.78, 5) is 0. The minimum Gasteiger partial charge on any atom is -0.496 e. The fraction of sp³-hybridized carbons (Fsp3) is 0.200. The van der Waals surface area contributed by atoms with Crippen molar-refractivity contribution in [3.63, 3.8) is 0 Å². The van der Waals surface area contributed by atoms with Gasteiger partial charge in [-0.2, -0.15) is 0 Å². The summed E-state index contributed by atoms with van der Waals surface area (Å²) in [6, 6.07) is 13.4. The maximum atomic E-state index is 6.05. The fourth-order valence-corrected chi connectivity index (χ4v) is 1.95. The summed E-state index contributed by atoms with van der Waals surface area (Å²) in [6.07, 6.45) is 0. The molecule has 0 atom stereocenters. The smallest absolute Gasteiger partial charge is 0.138 e. The van der Waals surface area contributed by atoms with Gasteiger partial charge in [-0.15, -0.1) is 0 Å². The fourth-order valence-electron chi connectivity index (χ4n) is 1.76. The number of hydrogen-bond acceptors (Lipinski definition) is 2. The Morgan fingerprint density at radius 3 is 2.44 bits per heavy atom. The van der Waals surface area contributed by atoms with E-state index in [2.05, 4.69) is 0 Å². The van der Waals surface area contributed by atoms with Crippen molar-refractivity contribution < 1.29 is 9.47 Å². The molecule has 0 N–H and O–H groups in total. The number of para-hydroxylation sites is 1. The Kier molecular flexibility index (Phi) is 4.11. The summed E-state index contributed by atoms with van der Waals surface area (Å²) in [6.45, 7) is 2.48. The van der Waals surface area contributed by atoms with Gasteiger partial charge in [0.1, 0.15) is 18.1 Å². The molecule has 2 aromatic rings. The maximum Gasteiger partial charge on any atom is 0.138 e. The first-order chi connectivity index (χ1) is 8.72. The number of rotatable bonds is 4. The topological polar surface area (TPSA) is 18.5 Å². The molecule has 94 valence electrons. The first kappa shape index (κ1) is 12.8. The molecule has 0 aliphatic carbocycles. The molecule has 0 spiro atoms. The molecule has 2 nitrogen and oxygen atoms in total. The van der Waals surface area contributed by atoms with Gasteiger partial charge in [-0.3, -0.25) is 0 Å². The standard InChI is InChI=1S/C15H15ClO2/c1-11-6-5-9-14(17-2)12(11)10-18-15-8-4-3-7-13(15)16/h3-9H,10H2,1-2H3. The zero-order valence-corrected chi connectivity index (χ0v) is 11.2. The van der Waals surface area contributed by atoms with Crippen LogP contribution in [-0.2, 0) is 6.61 Å². The van der Waals surface area contributed by atoms with Gasteiger partial charge in [-0.05, 0) is 30.7 Å². The Bertz CT molecular complexity index is 538. The normalized spacial score (nSPS) is 10.2. The van der Waals surface area contributed by atoms with Crippen LogP contribution in [-0.4, -0.2) is 7.11 Å². The van der Waals surface area contributed by atoms with E-state index in [1.807, 2.05) is 49.4 Å². The van der Waals surface area contributed by atoms with E-state index in [-0.39, 0.29) is 0 Å². The minimum atomic E-state index is 0.444. The number of aryl methyl sites for hydroxylation is 1. The molecule has 0 aliphatic rings. The Morgan fingerprint density at radius 2 is 1.72 bits per heavy atom. The number of hydrogen-bond donors (Lipinski definition) is 0. The van der Waals surface area contributed by atoms with Crippen molar-refractivity contribution in [2.24, 2.45) is 0 Å². The molecule has 0 unspecified atom stereocenters. The Morgan fingerprint density at radius 1 is 1.00 bits per heavy atom. The third-order valence-electron chi connectivity index (χ3n) is 2.80. The van der Waals surface area contributed by atoms with E-state index in [0.29, 0.717) is 17.4 Å². The van der Waals surface area contributed by atoms with Crippen LogP contribution in [0.2, 0.25) is 5.02 Å². The molecule has 18 heavy (non-hydrogen) atoms. The number of methoxy groups -OCH3 is 1. The lowest BCUT2D eigenvalue weighted by atomic mass is 10.1. The zero-order chi connectivity index (χ0) is 13.0. The van der Waals surface area contributed by atoms with E-state index in [9.17, 15) is 0 Å². The molecule has 0 amide bonds. The van der Waals surface area contributed by atoms with Gasteiger partial charge < -0.3 is 9.47 Å². The molecule has 2 aromatic carbocycles. The zero-order valence-electron chi connectivity index (χ0n) is 10.4. The van der Waals surface area contributed by atoms with Crippen LogP contribution in [0.4, 0.5) is 0 Å². The van der Waals surface area contributed by atoms with Gasteiger partial charge in [0.2, 0.25) is 0 Å². The highest BCUT2D eigenvalue weighted by molar-refractivity contribution is 6.32. The highest BCUT2D eigenvalue weighted by atomic mass is 35.5. The van der Waals surface area contributed by atoms with Crippen LogP contribution in [0.5, 0.6) is 11.5 Å². The minimum absolute atomic E-state index is 0.444. The predicted molar refractivity (Wildman–Crippen MR) is 73.5 cm³/mol. The van der Waals surface area contributed by atoms with E-state index in [1.165, 1.54) is 0 Å². The Labute approximate surface area is 112 Å². The molecule has 0 radical (unpaired) electrons. The number of halogens is 1. The van der Waals surface area contributed by atoms with Crippen molar-refractivity contribution in [1.29, 1.82) is 0 Å². The summed E-state index contributed by atoms with van der Waals surface area (Å²) in [5.74, 6) is 1.52. The summed E-state index contributed by atoms with van der Waals surface area (Å²) in [5.41, 5.74) is 2.18. The Balaban J connectivity index is 2.18. The molecule has 0 saturated carbocycles. The first-order valence-corrected chi connectivity index (χ1v) is 6.10. The quantitative estimate of drug-likeness (QED) is 0.821. The molecule has 0 bridgehead atoms. The van der Waals surface area contributed by atoms with Crippen molar-refractivity contribution in [3.05, 3.63) is 58.6 Å². The molecule has 0 heterocycles. The van der Waals surface area contributed by atoms with E-state index in [0.717, 1.165) is 16.9 Å². The molecule has 2 rings (SSSR count). The second-order valence-corrected chi connectivity index (χ2v) is 4.38. The van der Waals surface area contributed by atoms with Gasteiger partial charge in [-0.25, -0.2) is 0 Å². The van der Waals surface area contributed by atoms with Gasteiger partial charge >= 0.3 is 0 Å². The summed E-state index contributed by atoms with van der Waals surface area (Å²) in [7, 11) is 1.66. The second-order valence-electron chi connectivity index (χ2n) is 3.97. The highest BCUT2D eigenvalue weighted by Gasteiger charge is 2.08. The van der Waals surface area contributed by atoms with E-state index < -0.39 is 0 Å². The lowest BCUT2D eigenvalue weighted by molar-refractivity contribution is 0.296. The molecule has 0 aromatic heterocycles. The molecular formula is C15H15ClO2. The van der Waals surface area contributed by atoms with Crippen LogP contribution >= 0.6 is 11.6 Å². The monoisotopic (exact) mass is 262 g/mol. The summed E-state index contributed by atoms with van der Waals surface area (Å²) >= 11 is 6.05. The van der Waals surface area contributed by atoms with Gasteiger partial charge in [0.05, 0.1) is 12.1 Å². The lowest BCUT2D eigenvalue weighted by Crippen LogP contribution is -2.01. The van der Waals surface area contributed by atoms with E-state index in [1.54, 1.807) is 7.11 Å². The number of benzene rings is 2. The van der Waals surface area contributed by atoms with Crippen molar-refractivity contribution in [2.75, 3.05) is 7.11 Å². The van der Waals surface area contributed by atoms with Crippen LogP contribution in [0.25, 0.3) is 0 Å². The van der Waals surface area contributed by atoms with Gasteiger partial charge in [-0.1, -0.05) is 35.9 Å². The molecular weight excluding hydrogens is 248 g/mol. The molecule has 3 heteroatoms. The van der Waals surface area contributed by atoms with Gasteiger partial charge in [0.15, 0.2) is 0 Å². The molecule has 0 aliphatic heterocycles. The van der Waals surface area contributed by atoms with Crippen molar-refractivity contribution >= 4 is 11.6 Å². The second kappa shape index (κ2) is 5.78. The van der Waals surface area contributed by atoms with E-state index in [4.69, 9.17) is 21.1 Å². The maximum absolute atomic E-state index is 6.05. The largest absolute Gasteiger partial charge is 0.496 e. The average molecular weight is 263 g/mol. The Hall–Kier alpha value is -1.67. The van der Waals surface area contributed by atoms with Crippen LogP contribution < -0.4 is 9.47 Å². The highest BCUT2D eigenvalue weighted by Crippen LogP contribution is 2.27. The molecule has 0 fully saturated rings. The summed E-state index contributed by atoms with van der Waals surface area (Å²) in [5, 5.41) is 0.616. The van der Waals surface area contributed by atoms with Crippen molar-refractivity contribution in [2.45, 2.75) is 13.5 Å². The van der Waals surface area contributed by atoms with E-state index >= 15 is 0 Å². The summed E-state index contributed by atoms with van der Waals surface area (Å²) < 4.78 is 11.1. The van der Waals surface area contributed by atoms with Crippen molar-refractivity contribution in [3.8, 4) is 11.5 Å². The van der Waals surface area contributed by atoms with Crippen LogP contribution in [0.1, 0.15) is 11.1 Å². The van der Waals surface area contributed by atoms with Crippen LogP contribution in [0.3, 0.4) is 0 Å². The lowest BCUT2D eigenvalue weighted by Gasteiger charge is -2.13. The van der Waals surface area contributed by atoms with Crippen LogP contribution in [0.15, 0.2) is 42.5 Å². The van der Waals surface area contributed by atoms with Gasteiger partial charge in [0.25, 0.3) is 0 Å². The van der Waals surface area contributed by atoms with Crippen molar-refractivity contribution in [1.82, 2.24) is 0 Å². The number of ether oxygens (including phenoxy) is 2. The first-order valence-electron chi connectivity index (χ1n) is 5.72. The average Bonchev–Trinajstić information content (AvgIpc) is 2.39. The predicted octanol–water partition coefficient (Wildman–Crippen LogP) is 4.24. The SMILES string of the molecule is COc1cccc(C)c1COc1ccccc1Cl.